The summed E-state index contributed by atoms with van der Waals surface area (Å²) in [6.45, 7) is 2.02. The second-order valence-corrected chi connectivity index (χ2v) is 6.61. The van der Waals surface area contributed by atoms with Crippen molar-refractivity contribution in [2.24, 2.45) is 0 Å². The van der Waals surface area contributed by atoms with E-state index in [2.05, 4.69) is 37.7 Å². The van der Waals surface area contributed by atoms with E-state index in [4.69, 9.17) is 0 Å². The smallest absolute Gasteiger partial charge is 0.358 e. The summed E-state index contributed by atoms with van der Waals surface area (Å²) >= 11 is 2.33. The van der Waals surface area contributed by atoms with Crippen LogP contribution in [0.1, 0.15) is 16.2 Å². The molecule has 0 bridgehead atoms. The summed E-state index contributed by atoms with van der Waals surface area (Å²) in [5, 5.41) is 2.19. The van der Waals surface area contributed by atoms with E-state index >= 15 is 0 Å². The van der Waals surface area contributed by atoms with Gasteiger partial charge in [0.1, 0.15) is 0 Å². The number of fused-ring (bicyclic) bond motifs is 1. The van der Waals surface area contributed by atoms with Crippen LogP contribution in [-0.4, -0.2) is 22.5 Å². The summed E-state index contributed by atoms with van der Waals surface area (Å²) in [5.41, 5.74) is 1.52. The molecule has 0 aliphatic carbocycles. The van der Waals surface area contributed by atoms with Crippen LogP contribution >= 0.6 is 33.1 Å². The molecule has 80 valence electrons. The molecule has 0 saturated heterocycles. The highest BCUT2D eigenvalue weighted by atomic mass is 127. The topological polar surface area (TPSA) is 43.6 Å². The van der Waals surface area contributed by atoms with Crippen LogP contribution in [0.15, 0.2) is 11.6 Å². The van der Waals surface area contributed by atoms with Gasteiger partial charge in [-0.2, -0.15) is 4.98 Å². The maximum atomic E-state index is 11.3. The van der Waals surface area contributed by atoms with Crippen molar-refractivity contribution >= 4 is 44.0 Å². The predicted octanol–water partition coefficient (Wildman–Crippen LogP) is 2.57. The minimum Gasteiger partial charge on any atom is -0.464 e. The predicted molar refractivity (Wildman–Crippen MR) is 67.8 cm³/mol. The molecule has 2 aromatic rings. The molecule has 4 nitrogen and oxygen atoms in total. The Bertz CT molecular complexity index is 517. The van der Waals surface area contributed by atoms with Crippen LogP contribution < -0.4 is 0 Å². The van der Waals surface area contributed by atoms with Gasteiger partial charge in [0, 0.05) is 16.7 Å². The van der Waals surface area contributed by atoms with Crippen LogP contribution in [0, 0.1) is 6.92 Å². The lowest BCUT2D eigenvalue weighted by Crippen LogP contribution is -2.00. The Morgan fingerprint density at radius 2 is 2.47 bits per heavy atom. The van der Waals surface area contributed by atoms with Gasteiger partial charge in [-0.3, -0.25) is 4.40 Å². The number of hydrogen-bond acceptors (Lipinski definition) is 3. The van der Waals surface area contributed by atoms with Crippen LogP contribution in [0.3, 0.4) is 0 Å². The first-order valence-corrected chi connectivity index (χ1v) is 7.27. The summed E-state index contributed by atoms with van der Waals surface area (Å²) in [4.78, 5) is 16.6. The Balaban J connectivity index is 2.60. The fourth-order valence-corrected chi connectivity index (χ4v) is 4.23. The first-order chi connectivity index (χ1) is 7.17. The molecule has 0 saturated carbocycles. The van der Waals surface area contributed by atoms with Gasteiger partial charge in [-0.1, -0.05) is 0 Å². The summed E-state index contributed by atoms with van der Waals surface area (Å²) in [7, 11) is 1.40. The van der Waals surface area contributed by atoms with E-state index in [-0.39, 0.29) is 16.4 Å². The van der Waals surface area contributed by atoms with E-state index in [9.17, 15) is 4.79 Å². The van der Waals surface area contributed by atoms with Crippen molar-refractivity contribution in [3.05, 3.63) is 23.0 Å². The Hall–Kier alpha value is -0.630. The number of thiazole rings is 1. The van der Waals surface area contributed by atoms with E-state index in [1.165, 1.54) is 7.11 Å². The number of esters is 1. The number of rotatable bonds is 2. The number of aromatic nitrogens is 2. The van der Waals surface area contributed by atoms with Crippen molar-refractivity contribution in [1.82, 2.24) is 9.38 Å². The molecule has 2 aromatic heterocycles. The van der Waals surface area contributed by atoms with Crippen LogP contribution in [-0.2, 0) is 8.50 Å². The summed E-state index contributed by atoms with van der Waals surface area (Å²) in [5.74, 6) is -0.373. The number of nitrogens with zero attached hydrogens (tertiary/aromatic N) is 2. The van der Waals surface area contributed by atoms with Crippen LogP contribution in [0.2, 0.25) is 0 Å². The maximum Gasteiger partial charge on any atom is 0.358 e. The van der Waals surface area contributed by atoms with Gasteiger partial charge < -0.3 is 4.74 Å². The van der Waals surface area contributed by atoms with Crippen molar-refractivity contribution in [3.63, 3.8) is 0 Å². The van der Waals surface area contributed by atoms with Crippen LogP contribution in [0.25, 0.3) is 4.96 Å². The average molecular weight is 337 g/mol. The molecular formula is C9H10IN2O2S+. The average Bonchev–Trinajstić information content (AvgIpc) is 2.78. The first kappa shape index (κ1) is 10.9. The lowest BCUT2D eigenvalue weighted by atomic mass is 10.5. The lowest BCUT2D eigenvalue weighted by molar-refractivity contribution is 0.0595. The molecule has 0 aliphatic rings. The number of halogens is 1. The monoisotopic (exact) mass is 337 g/mol. The van der Waals surface area contributed by atoms with E-state index in [0.717, 1.165) is 14.4 Å². The molecule has 0 N–H and O–H groups in total. The number of aryl methyl sites for hydroxylation is 1. The number of alkyl halides is 1. The van der Waals surface area contributed by atoms with E-state index in [0.29, 0.717) is 5.69 Å². The Morgan fingerprint density at radius 1 is 1.73 bits per heavy atom. The quantitative estimate of drug-likeness (QED) is 0.366. The summed E-state index contributed by atoms with van der Waals surface area (Å²) in [6.07, 6.45) is 1.74. The van der Waals surface area contributed by atoms with Gasteiger partial charge in [0.15, 0.2) is 14.8 Å². The van der Waals surface area contributed by atoms with Crippen molar-refractivity contribution in [3.8, 4) is 0 Å². The largest absolute Gasteiger partial charge is 0.464 e. The molecule has 15 heavy (non-hydrogen) atoms. The normalized spacial score (nSPS) is 12.1. The van der Waals surface area contributed by atoms with Gasteiger partial charge in [0.25, 0.3) is 0 Å². The highest BCUT2D eigenvalue weighted by molar-refractivity contribution is 14.1. The minimum atomic E-state index is -0.373. The Labute approximate surface area is 103 Å². The molecule has 1 unspecified atom stereocenters. The number of carbonyl (C=O) groups excluding carboxylic acids is 1. The Kier molecular flexibility index (Phi) is 2.96. The second-order valence-electron chi connectivity index (χ2n) is 3.07. The molecule has 0 amide bonds. The second kappa shape index (κ2) is 4.09. The number of imidazole rings is 1. The zero-order valence-electron chi connectivity index (χ0n) is 8.36. The zero-order valence-corrected chi connectivity index (χ0v) is 11.3. The molecule has 0 fully saturated rings. The van der Waals surface area contributed by atoms with Gasteiger partial charge in [0.2, 0.25) is 0 Å². The fourth-order valence-electron chi connectivity index (χ4n) is 1.40. The molecule has 0 aromatic carbocycles. The zero-order chi connectivity index (χ0) is 11.0. The molecule has 0 spiro atoms. The van der Waals surface area contributed by atoms with Gasteiger partial charge in [-0.25, -0.2) is 4.79 Å². The standard InChI is InChI=1S/C9H10IN2O2S/c1-6-4-15(5-10)9-11-7(3-12(6)9)8(13)14-2/h3-4H,5H2,1-2H3/q+1. The summed E-state index contributed by atoms with van der Waals surface area (Å²) in [6, 6.07) is 0. The van der Waals surface area contributed by atoms with Crippen molar-refractivity contribution in [2.75, 3.05) is 7.11 Å². The van der Waals surface area contributed by atoms with Gasteiger partial charge >= 0.3 is 10.9 Å². The number of hydrogen-bond donors (Lipinski definition) is 0. The maximum absolute atomic E-state index is 11.3. The number of methoxy groups -OCH3 is 1. The number of ether oxygens (including phenoxy) is 1. The molecule has 0 aliphatic heterocycles. The van der Waals surface area contributed by atoms with Crippen molar-refractivity contribution < 1.29 is 9.53 Å². The Morgan fingerprint density at radius 3 is 3.07 bits per heavy atom. The van der Waals surface area contributed by atoms with E-state index < -0.39 is 0 Å². The third-order valence-corrected chi connectivity index (χ3v) is 5.74. The SMILES string of the molecule is COC(=O)c1cn2c(C)c[s+](CI)c2n1. The highest BCUT2D eigenvalue weighted by Crippen LogP contribution is 2.31. The molecule has 0 radical (unpaired) electrons. The third-order valence-electron chi connectivity index (χ3n) is 2.11. The third kappa shape index (κ3) is 1.76. The van der Waals surface area contributed by atoms with Crippen LogP contribution in [0.4, 0.5) is 0 Å². The van der Waals surface area contributed by atoms with Gasteiger partial charge in [-0.15, -0.1) is 0 Å². The number of carbonyl (C=O) groups is 1. The van der Waals surface area contributed by atoms with Crippen LogP contribution in [0.5, 0.6) is 0 Å². The van der Waals surface area contributed by atoms with Crippen molar-refractivity contribution in [1.29, 1.82) is 0 Å². The van der Waals surface area contributed by atoms with E-state index in [1.807, 2.05) is 11.3 Å². The lowest BCUT2D eigenvalue weighted by Gasteiger charge is -1.90. The summed E-state index contributed by atoms with van der Waals surface area (Å²) < 4.78 is 7.60. The first-order valence-electron chi connectivity index (χ1n) is 4.29. The molecule has 2 heterocycles. The highest BCUT2D eigenvalue weighted by Gasteiger charge is 2.21. The van der Waals surface area contributed by atoms with Gasteiger partial charge in [-0.05, 0) is 29.5 Å². The van der Waals surface area contributed by atoms with E-state index in [1.54, 1.807) is 6.20 Å². The minimum absolute atomic E-state index is 0.0317. The molecule has 6 heteroatoms. The fraction of sp³-hybridized carbons (Fsp3) is 0.333. The van der Waals surface area contributed by atoms with Crippen molar-refractivity contribution in [2.45, 2.75) is 10.7 Å². The molecule has 2 rings (SSSR count). The van der Waals surface area contributed by atoms with Gasteiger partial charge in [0.05, 0.1) is 12.8 Å². The molecular weight excluding hydrogens is 327 g/mol. The molecule has 1 atom stereocenters.